The normalized spacial score (nSPS) is 21.1. The second-order valence-corrected chi connectivity index (χ2v) is 13.3. The molecule has 0 bridgehead atoms. The Balaban J connectivity index is 1.04. The molecule has 1 aliphatic carbocycles. The Morgan fingerprint density at radius 1 is 1.00 bits per heavy atom. The highest BCUT2D eigenvalue weighted by atomic mass is 16.5. The molecule has 0 unspecified atom stereocenters. The molecule has 1 aromatic heterocycles. The van der Waals surface area contributed by atoms with E-state index in [1.165, 1.54) is 16.0 Å². The van der Waals surface area contributed by atoms with Crippen LogP contribution in [0.5, 0.6) is 5.75 Å². The van der Waals surface area contributed by atoms with Crippen LogP contribution in [0.4, 0.5) is 5.69 Å². The predicted octanol–water partition coefficient (Wildman–Crippen LogP) is 5.18. The fraction of sp³-hybridized carbons (Fsp3) is 0.368. The molecule has 2 N–H and O–H groups in total. The predicted molar refractivity (Wildman–Crippen MR) is 180 cm³/mol. The maximum atomic E-state index is 13.5. The number of amides is 2. The number of fused-ring (bicyclic) bond motifs is 3. The van der Waals surface area contributed by atoms with E-state index in [-0.39, 0.29) is 18.9 Å². The molecule has 3 aromatic carbocycles. The van der Waals surface area contributed by atoms with Crippen molar-refractivity contribution >= 4 is 23.5 Å². The molecule has 3 aliphatic rings. The molecule has 4 aromatic rings. The zero-order valence-corrected chi connectivity index (χ0v) is 27.2. The molecule has 1 saturated carbocycles. The molecule has 2 aliphatic heterocycles. The van der Waals surface area contributed by atoms with Crippen LogP contribution in [0, 0.1) is 19.8 Å². The zero-order valence-electron chi connectivity index (χ0n) is 27.2. The Morgan fingerprint density at radius 2 is 1.81 bits per heavy atom. The van der Waals surface area contributed by atoms with E-state index in [9.17, 15) is 24.6 Å². The zero-order chi connectivity index (χ0) is 33.5. The minimum atomic E-state index is -1.12. The Hall–Kier alpha value is -4.96. The first-order chi connectivity index (χ1) is 23.2. The van der Waals surface area contributed by atoms with Gasteiger partial charge in [0, 0.05) is 48.9 Å². The molecule has 0 spiro atoms. The molecule has 2 amide bonds. The van der Waals surface area contributed by atoms with Crippen LogP contribution in [0.3, 0.4) is 0 Å². The van der Waals surface area contributed by atoms with Gasteiger partial charge in [-0.2, -0.15) is 5.10 Å². The number of hydrogen-bond acceptors (Lipinski definition) is 6. The molecule has 10 heteroatoms. The molecule has 7 rings (SSSR count). The quantitative estimate of drug-likeness (QED) is 0.227. The first-order valence-electron chi connectivity index (χ1n) is 16.6. The van der Waals surface area contributed by atoms with Gasteiger partial charge in [-0.3, -0.25) is 14.3 Å². The third kappa shape index (κ3) is 6.20. The third-order valence-corrected chi connectivity index (χ3v) is 10.0. The standard InChI is InChI=1S/C38H40N4O6/c1-23-7-3-12-34(24(23)2)48-14-6-13-35(44)41-21-27-16-31(27)36-30(10-5-11-32(36)41)28-18-39-40(20-28)19-25-8-4-9-26(15-25)37(45)42-22-29(43)17-33(42)38(46)47/h3-5,7-12,15,18,20,27,29,31,33,43H,6,13-14,16-17,19,21-22H2,1-2H3,(H,46,47)/t27-,29+,31-,33-/m0/s1. The number of likely N-dealkylation sites (tertiary alicyclic amines) is 1. The Bertz CT molecular complexity index is 1880. The van der Waals surface area contributed by atoms with Crippen molar-refractivity contribution in [2.24, 2.45) is 5.92 Å². The number of anilines is 1. The molecule has 48 heavy (non-hydrogen) atoms. The summed E-state index contributed by atoms with van der Waals surface area (Å²) in [5, 5.41) is 24.2. The summed E-state index contributed by atoms with van der Waals surface area (Å²) < 4.78 is 7.83. The van der Waals surface area contributed by atoms with E-state index in [0.717, 1.165) is 46.7 Å². The number of aliphatic carboxylic acids is 1. The molecule has 3 heterocycles. The average Bonchev–Trinajstić information content (AvgIpc) is 3.54. The number of carbonyl (C=O) groups excluding carboxylic acids is 2. The van der Waals surface area contributed by atoms with E-state index < -0.39 is 24.0 Å². The average molecular weight is 649 g/mol. The highest BCUT2D eigenvalue weighted by molar-refractivity contribution is 5.98. The van der Waals surface area contributed by atoms with Crippen molar-refractivity contribution in [3.63, 3.8) is 0 Å². The van der Waals surface area contributed by atoms with Crippen molar-refractivity contribution < 1.29 is 29.3 Å². The van der Waals surface area contributed by atoms with Gasteiger partial charge in [0.05, 0.1) is 25.5 Å². The second-order valence-electron chi connectivity index (χ2n) is 13.3. The topological polar surface area (TPSA) is 125 Å². The largest absolute Gasteiger partial charge is 0.493 e. The number of aromatic nitrogens is 2. The van der Waals surface area contributed by atoms with Crippen LogP contribution >= 0.6 is 0 Å². The maximum absolute atomic E-state index is 13.5. The highest BCUT2D eigenvalue weighted by Gasteiger charge is 2.47. The monoisotopic (exact) mass is 648 g/mol. The van der Waals surface area contributed by atoms with Crippen molar-refractivity contribution in [1.29, 1.82) is 0 Å². The molecule has 1 saturated heterocycles. The van der Waals surface area contributed by atoms with Crippen LogP contribution in [0.1, 0.15) is 64.2 Å². The number of aliphatic hydroxyl groups is 1. The smallest absolute Gasteiger partial charge is 0.326 e. The number of rotatable bonds is 10. The van der Waals surface area contributed by atoms with Gasteiger partial charge in [-0.1, -0.05) is 36.4 Å². The second kappa shape index (κ2) is 12.9. The number of nitrogens with zero attached hydrogens (tertiary/aromatic N) is 4. The van der Waals surface area contributed by atoms with E-state index in [0.29, 0.717) is 43.4 Å². The lowest BCUT2D eigenvalue weighted by molar-refractivity contribution is -0.141. The lowest BCUT2D eigenvalue weighted by atomic mass is 9.92. The van der Waals surface area contributed by atoms with Gasteiger partial charge in [0.25, 0.3) is 5.91 Å². The summed E-state index contributed by atoms with van der Waals surface area (Å²) in [6.07, 6.45) is 5.13. The van der Waals surface area contributed by atoms with Crippen LogP contribution < -0.4 is 9.64 Å². The first-order valence-corrected chi connectivity index (χ1v) is 16.6. The van der Waals surface area contributed by atoms with Gasteiger partial charge >= 0.3 is 5.97 Å². The Kier molecular flexibility index (Phi) is 8.51. The fourth-order valence-corrected chi connectivity index (χ4v) is 7.24. The van der Waals surface area contributed by atoms with E-state index in [1.807, 2.05) is 46.2 Å². The molecule has 0 radical (unpaired) electrons. The summed E-state index contributed by atoms with van der Waals surface area (Å²) in [5.74, 6) is 0.345. The van der Waals surface area contributed by atoms with Crippen molar-refractivity contribution in [1.82, 2.24) is 14.7 Å². The minimum absolute atomic E-state index is 0.00302. The van der Waals surface area contributed by atoms with E-state index in [2.05, 4.69) is 37.1 Å². The summed E-state index contributed by atoms with van der Waals surface area (Å²) in [5.41, 5.74) is 7.78. The lowest BCUT2D eigenvalue weighted by Crippen LogP contribution is -2.40. The van der Waals surface area contributed by atoms with E-state index in [1.54, 1.807) is 18.2 Å². The van der Waals surface area contributed by atoms with Gasteiger partial charge in [0.2, 0.25) is 5.91 Å². The Morgan fingerprint density at radius 3 is 2.65 bits per heavy atom. The summed E-state index contributed by atoms with van der Waals surface area (Å²) in [4.78, 5) is 41.6. The summed E-state index contributed by atoms with van der Waals surface area (Å²) >= 11 is 0. The molecule has 248 valence electrons. The maximum Gasteiger partial charge on any atom is 0.326 e. The van der Waals surface area contributed by atoms with Gasteiger partial charge in [-0.15, -0.1) is 0 Å². The van der Waals surface area contributed by atoms with Gasteiger partial charge in [0.1, 0.15) is 11.8 Å². The van der Waals surface area contributed by atoms with Crippen molar-refractivity contribution in [2.75, 3.05) is 24.6 Å². The number of hydrogen-bond donors (Lipinski definition) is 2. The van der Waals surface area contributed by atoms with Crippen molar-refractivity contribution in [3.8, 4) is 16.9 Å². The highest BCUT2D eigenvalue weighted by Crippen LogP contribution is 2.57. The molecule has 2 fully saturated rings. The van der Waals surface area contributed by atoms with Crippen LogP contribution in [-0.4, -0.2) is 74.5 Å². The number of ether oxygens (including phenoxy) is 1. The number of carbonyl (C=O) groups is 3. The first kappa shape index (κ1) is 31.6. The summed E-state index contributed by atoms with van der Waals surface area (Å²) in [6, 6.07) is 18.2. The number of aryl methyl sites for hydroxylation is 1. The number of benzene rings is 3. The molecule has 4 atom stereocenters. The summed E-state index contributed by atoms with van der Waals surface area (Å²) in [7, 11) is 0. The van der Waals surface area contributed by atoms with Crippen LogP contribution in [-0.2, 0) is 16.1 Å². The van der Waals surface area contributed by atoms with Crippen LogP contribution in [0.25, 0.3) is 11.1 Å². The Labute approximate surface area is 279 Å². The number of β-amino-alcohol motifs (C(OH)–C–C–N with tert-alkyl or cyclic N) is 1. The number of carboxylic acids is 1. The van der Waals surface area contributed by atoms with E-state index >= 15 is 0 Å². The minimum Gasteiger partial charge on any atom is -0.493 e. The fourth-order valence-electron chi connectivity index (χ4n) is 7.24. The van der Waals surface area contributed by atoms with Gasteiger partial charge in [0.15, 0.2) is 0 Å². The van der Waals surface area contributed by atoms with Gasteiger partial charge in [-0.05, 0) is 90.6 Å². The van der Waals surface area contributed by atoms with Crippen LogP contribution in [0.15, 0.2) is 73.1 Å². The molecular weight excluding hydrogens is 608 g/mol. The van der Waals surface area contributed by atoms with Gasteiger partial charge < -0.3 is 24.7 Å². The van der Waals surface area contributed by atoms with Gasteiger partial charge in [-0.25, -0.2) is 4.79 Å². The summed E-state index contributed by atoms with van der Waals surface area (Å²) in [6.45, 7) is 5.77. The molecule has 10 nitrogen and oxygen atoms in total. The number of carboxylic acid groups (broad SMARTS) is 1. The van der Waals surface area contributed by atoms with Crippen LogP contribution in [0.2, 0.25) is 0 Å². The number of aliphatic hydroxyl groups excluding tert-OH is 1. The van der Waals surface area contributed by atoms with Crippen molar-refractivity contribution in [2.45, 2.75) is 64.1 Å². The molecular formula is C38H40N4O6. The SMILES string of the molecule is Cc1cccc(OCCCC(=O)N2C[C@@H]3C[C@@H]3c3c(-c4cnn(Cc5cccc(C(=O)N6C[C@H](O)C[C@H]6C(=O)O)c5)c4)cccc32)c1C. The van der Waals surface area contributed by atoms with E-state index in [4.69, 9.17) is 4.74 Å². The third-order valence-electron chi connectivity index (χ3n) is 10.0. The lowest BCUT2D eigenvalue weighted by Gasteiger charge is -2.30. The van der Waals surface area contributed by atoms with Crippen molar-refractivity contribution in [3.05, 3.63) is 101 Å².